The molecule has 0 saturated heterocycles. The quantitative estimate of drug-likeness (QED) is 0.848. The lowest BCUT2D eigenvalue weighted by Gasteiger charge is -2.11. The van der Waals surface area contributed by atoms with E-state index in [4.69, 9.17) is 5.11 Å². The van der Waals surface area contributed by atoms with E-state index < -0.39 is 29.5 Å². The highest BCUT2D eigenvalue weighted by atomic mass is 19.4. The van der Waals surface area contributed by atoms with Gasteiger partial charge in [-0.2, -0.15) is 13.2 Å². The fourth-order valence-corrected chi connectivity index (χ4v) is 1.89. The lowest BCUT2D eigenvalue weighted by Crippen LogP contribution is -2.09. The first-order chi connectivity index (χ1) is 7.41. The Morgan fingerprint density at radius 1 is 1.31 bits per heavy atom. The highest BCUT2D eigenvalue weighted by molar-refractivity contribution is 5.75. The Morgan fingerprint density at radius 2 is 1.94 bits per heavy atom. The van der Waals surface area contributed by atoms with Crippen LogP contribution in [0.1, 0.15) is 23.5 Å². The zero-order chi connectivity index (χ0) is 11.9. The molecule has 5 heteroatoms. The first-order valence-electron chi connectivity index (χ1n) is 4.80. The molecule has 0 bridgehead atoms. The topological polar surface area (TPSA) is 37.3 Å². The summed E-state index contributed by atoms with van der Waals surface area (Å²) in [4.78, 5) is 10.6. The van der Waals surface area contributed by atoms with E-state index in [0.29, 0.717) is 6.42 Å². The third-order valence-electron chi connectivity index (χ3n) is 2.77. The van der Waals surface area contributed by atoms with Gasteiger partial charge < -0.3 is 5.11 Å². The minimum atomic E-state index is -4.41. The number of benzene rings is 1. The molecule has 0 spiro atoms. The predicted octanol–water partition coefficient (Wildman–Crippen LogP) is 2.89. The van der Waals surface area contributed by atoms with Crippen molar-refractivity contribution in [3.63, 3.8) is 0 Å². The molecule has 1 aliphatic carbocycles. The highest BCUT2D eigenvalue weighted by Crippen LogP contribution is 2.50. The first-order valence-corrected chi connectivity index (χ1v) is 4.80. The van der Waals surface area contributed by atoms with Crippen LogP contribution in [0.3, 0.4) is 0 Å². The van der Waals surface area contributed by atoms with Gasteiger partial charge in [-0.05, 0) is 24.0 Å². The van der Waals surface area contributed by atoms with E-state index in [1.54, 1.807) is 0 Å². The first kappa shape index (κ1) is 11.0. The van der Waals surface area contributed by atoms with E-state index in [0.717, 1.165) is 6.07 Å². The minimum Gasteiger partial charge on any atom is -0.481 e. The average molecular weight is 230 g/mol. The summed E-state index contributed by atoms with van der Waals surface area (Å²) in [5.41, 5.74) is -0.619. The third-order valence-corrected chi connectivity index (χ3v) is 2.77. The zero-order valence-corrected chi connectivity index (χ0v) is 8.16. The van der Waals surface area contributed by atoms with Gasteiger partial charge in [-0.25, -0.2) is 0 Å². The Balaban J connectivity index is 2.33. The van der Waals surface area contributed by atoms with Crippen molar-refractivity contribution in [1.82, 2.24) is 0 Å². The molecule has 1 aliphatic rings. The summed E-state index contributed by atoms with van der Waals surface area (Å²) < 4.78 is 37.9. The summed E-state index contributed by atoms with van der Waals surface area (Å²) in [7, 11) is 0. The van der Waals surface area contributed by atoms with E-state index in [-0.39, 0.29) is 5.56 Å². The van der Waals surface area contributed by atoms with Crippen LogP contribution in [0.4, 0.5) is 13.2 Å². The Labute approximate surface area is 89.7 Å². The number of carboxylic acids is 1. The van der Waals surface area contributed by atoms with Crippen LogP contribution >= 0.6 is 0 Å². The highest BCUT2D eigenvalue weighted by Gasteiger charge is 2.47. The molecule has 1 saturated carbocycles. The molecule has 86 valence electrons. The van der Waals surface area contributed by atoms with Crippen LogP contribution < -0.4 is 0 Å². The van der Waals surface area contributed by atoms with Crippen LogP contribution in [0.15, 0.2) is 24.3 Å². The SMILES string of the molecule is O=C(O)C1CC1c1ccccc1C(F)(F)F. The molecule has 2 rings (SSSR count). The molecule has 16 heavy (non-hydrogen) atoms. The molecule has 1 fully saturated rings. The molecule has 1 aromatic rings. The number of rotatable bonds is 2. The van der Waals surface area contributed by atoms with Crippen molar-refractivity contribution >= 4 is 5.97 Å². The summed E-state index contributed by atoms with van der Waals surface area (Å²) in [6.45, 7) is 0. The number of hydrogen-bond acceptors (Lipinski definition) is 1. The van der Waals surface area contributed by atoms with Crippen molar-refractivity contribution in [1.29, 1.82) is 0 Å². The van der Waals surface area contributed by atoms with Gasteiger partial charge >= 0.3 is 12.1 Å². The molecule has 0 amide bonds. The van der Waals surface area contributed by atoms with Crippen LogP contribution in [0.25, 0.3) is 0 Å². The molecular weight excluding hydrogens is 221 g/mol. The van der Waals surface area contributed by atoms with E-state index in [9.17, 15) is 18.0 Å². The monoisotopic (exact) mass is 230 g/mol. The van der Waals surface area contributed by atoms with Gasteiger partial charge in [0.15, 0.2) is 0 Å². The molecule has 0 aliphatic heterocycles. The van der Waals surface area contributed by atoms with Crippen molar-refractivity contribution in [3.8, 4) is 0 Å². The van der Waals surface area contributed by atoms with Crippen LogP contribution in [0.5, 0.6) is 0 Å². The lowest BCUT2D eigenvalue weighted by molar-refractivity contribution is -0.140. The average Bonchev–Trinajstić information content (AvgIpc) is 2.95. The summed E-state index contributed by atoms with van der Waals surface area (Å²) >= 11 is 0. The van der Waals surface area contributed by atoms with Crippen molar-refractivity contribution in [2.45, 2.75) is 18.5 Å². The molecule has 0 heterocycles. The summed E-state index contributed by atoms with van der Waals surface area (Å²) in [5, 5.41) is 8.70. The fraction of sp³-hybridized carbons (Fsp3) is 0.364. The maximum Gasteiger partial charge on any atom is 0.416 e. The van der Waals surface area contributed by atoms with Crippen molar-refractivity contribution in [3.05, 3.63) is 35.4 Å². The molecule has 1 aromatic carbocycles. The van der Waals surface area contributed by atoms with Gasteiger partial charge in [-0.1, -0.05) is 18.2 Å². The Hall–Kier alpha value is -1.52. The molecule has 0 aromatic heterocycles. The molecule has 0 radical (unpaired) electrons. The van der Waals surface area contributed by atoms with Crippen LogP contribution in [-0.2, 0) is 11.0 Å². The van der Waals surface area contributed by atoms with Gasteiger partial charge in [-0.3, -0.25) is 4.79 Å². The van der Waals surface area contributed by atoms with E-state index in [1.165, 1.54) is 18.2 Å². The molecular formula is C11H9F3O2. The Kier molecular flexibility index (Phi) is 2.40. The number of carboxylic acid groups (broad SMARTS) is 1. The molecule has 2 atom stereocenters. The fourth-order valence-electron chi connectivity index (χ4n) is 1.89. The molecule has 2 nitrogen and oxygen atoms in total. The second-order valence-electron chi connectivity index (χ2n) is 3.87. The van der Waals surface area contributed by atoms with Crippen molar-refractivity contribution in [2.24, 2.45) is 5.92 Å². The number of aliphatic carboxylic acids is 1. The van der Waals surface area contributed by atoms with Gasteiger partial charge in [0.05, 0.1) is 11.5 Å². The summed E-state index contributed by atoms with van der Waals surface area (Å²) in [5.74, 6) is -2.18. The smallest absolute Gasteiger partial charge is 0.416 e. The van der Waals surface area contributed by atoms with E-state index >= 15 is 0 Å². The predicted molar refractivity (Wildman–Crippen MR) is 49.9 cm³/mol. The number of halogens is 3. The minimum absolute atomic E-state index is 0.0994. The van der Waals surface area contributed by atoms with Crippen molar-refractivity contribution < 1.29 is 23.1 Å². The summed E-state index contributed by atoms with van der Waals surface area (Å²) in [6, 6.07) is 5.16. The maximum atomic E-state index is 12.6. The second kappa shape index (κ2) is 3.50. The number of hydrogen-bond donors (Lipinski definition) is 1. The molecule has 2 unspecified atom stereocenters. The van der Waals surface area contributed by atoms with E-state index in [1.807, 2.05) is 0 Å². The normalized spacial score (nSPS) is 24.2. The van der Waals surface area contributed by atoms with Gasteiger partial charge in [0, 0.05) is 0 Å². The number of carbonyl (C=O) groups is 1. The van der Waals surface area contributed by atoms with Crippen molar-refractivity contribution in [2.75, 3.05) is 0 Å². The largest absolute Gasteiger partial charge is 0.481 e. The summed E-state index contributed by atoms with van der Waals surface area (Å²) in [6.07, 6.45) is -4.12. The second-order valence-corrected chi connectivity index (χ2v) is 3.87. The standard InChI is InChI=1S/C11H9F3O2/c12-11(13,14)9-4-2-1-3-6(9)7-5-8(7)10(15)16/h1-4,7-8H,5H2,(H,15,16). The van der Waals surface area contributed by atoms with Gasteiger partial charge in [0.2, 0.25) is 0 Å². The third kappa shape index (κ3) is 1.89. The number of alkyl halides is 3. The molecule has 1 N–H and O–H groups in total. The van der Waals surface area contributed by atoms with Crippen LogP contribution in [0, 0.1) is 5.92 Å². The van der Waals surface area contributed by atoms with Gasteiger partial charge in [0.1, 0.15) is 0 Å². The van der Waals surface area contributed by atoms with Crippen LogP contribution in [-0.4, -0.2) is 11.1 Å². The zero-order valence-electron chi connectivity index (χ0n) is 8.16. The van der Waals surface area contributed by atoms with Gasteiger partial charge in [-0.15, -0.1) is 0 Å². The Morgan fingerprint density at radius 3 is 2.44 bits per heavy atom. The van der Waals surface area contributed by atoms with E-state index in [2.05, 4.69) is 0 Å². The lowest BCUT2D eigenvalue weighted by atomic mass is 10.0. The van der Waals surface area contributed by atoms with Gasteiger partial charge in [0.25, 0.3) is 0 Å². The Bertz CT molecular complexity index is 425. The maximum absolute atomic E-state index is 12.6. The van der Waals surface area contributed by atoms with Crippen LogP contribution in [0.2, 0.25) is 0 Å².